The van der Waals surface area contributed by atoms with Gasteiger partial charge >= 0.3 is 0 Å². The van der Waals surface area contributed by atoms with E-state index in [0.29, 0.717) is 23.9 Å². The zero-order valence-electron chi connectivity index (χ0n) is 15.3. The highest BCUT2D eigenvalue weighted by Gasteiger charge is 2.06. The number of hydrogen-bond donors (Lipinski definition) is 2. The van der Waals surface area contributed by atoms with Gasteiger partial charge in [0.15, 0.2) is 15.8 Å². The number of halogens is 1. The molecule has 0 spiro atoms. The van der Waals surface area contributed by atoms with Gasteiger partial charge in [0.2, 0.25) is 0 Å². The van der Waals surface area contributed by atoms with Crippen LogP contribution < -0.4 is 10.6 Å². The second-order valence-corrected chi connectivity index (χ2v) is 7.83. The molecule has 142 valence electrons. The van der Waals surface area contributed by atoms with Crippen molar-refractivity contribution in [3.63, 3.8) is 0 Å². The predicted octanol–water partition coefficient (Wildman–Crippen LogP) is 3.14. The van der Waals surface area contributed by atoms with Gasteiger partial charge in [-0.05, 0) is 35.2 Å². The summed E-state index contributed by atoms with van der Waals surface area (Å²) >= 11 is 0. The first-order chi connectivity index (χ1) is 11.9. The molecule has 2 rings (SSSR count). The van der Waals surface area contributed by atoms with E-state index in [1.807, 2.05) is 18.2 Å². The molecule has 0 saturated heterocycles. The van der Waals surface area contributed by atoms with Gasteiger partial charge in [-0.25, -0.2) is 8.42 Å². The number of nitrogens with one attached hydrogen (secondary N) is 2. The molecule has 0 saturated carbocycles. The average Bonchev–Trinajstić information content (AvgIpc) is 2.61. The first-order valence-electron chi connectivity index (χ1n) is 8.24. The monoisotopic (exact) mass is 487 g/mol. The highest BCUT2D eigenvalue weighted by Crippen LogP contribution is 2.10. The highest BCUT2D eigenvalue weighted by atomic mass is 127. The van der Waals surface area contributed by atoms with Crippen molar-refractivity contribution in [1.29, 1.82) is 0 Å². The van der Waals surface area contributed by atoms with E-state index in [0.717, 1.165) is 12.0 Å². The Hall–Kier alpha value is -1.61. The van der Waals surface area contributed by atoms with Crippen molar-refractivity contribution in [1.82, 2.24) is 10.6 Å². The molecule has 0 atom stereocenters. The summed E-state index contributed by atoms with van der Waals surface area (Å²) in [5, 5.41) is 6.55. The quantitative estimate of drug-likeness (QED) is 0.373. The van der Waals surface area contributed by atoms with Gasteiger partial charge in [-0.3, -0.25) is 4.99 Å². The van der Waals surface area contributed by atoms with Gasteiger partial charge in [0, 0.05) is 26.4 Å². The largest absolute Gasteiger partial charge is 0.352 e. The fraction of sp³-hybridized carbons (Fsp3) is 0.316. The minimum Gasteiger partial charge on any atom is -0.352 e. The third-order valence-electron chi connectivity index (χ3n) is 3.98. The number of aryl methyl sites for hydroxylation is 1. The van der Waals surface area contributed by atoms with Crippen molar-refractivity contribution in [2.75, 3.05) is 13.3 Å². The Morgan fingerprint density at radius 3 is 2.08 bits per heavy atom. The second kappa shape index (κ2) is 10.5. The molecule has 5 nitrogen and oxygen atoms in total. The summed E-state index contributed by atoms with van der Waals surface area (Å²) in [5.41, 5.74) is 3.57. The van der Waals surface area contributed by atoms with Crippen molar-refractivity contribution >= 4 is 39.8 Å². The summed E-state index contributed by atoms with van der Waals surface area (Å²) in [7, 11) is -1.43. The Bertz CT molecular complexity index is 834. The number of nitrogens with zero attached hydrogens (tertiary/aromatic N) is 1. The molecule has 0 heterocycles. The summed E-state index contributed by atoms with van der Waals surface area (Å²) in [6.07, 6.45) is 2.21. The van der Waals surface area contributed by atoms with Crippen LogP contribution in [0.5, 0.6) is 0 Å². The molecule has 0 unspecified atom stereocenters. The molecule has 0 aliphatic heterocycles. The van der Waals surface area contributed by atoms with Crippen molar-refractivity contribution in [2.45, 2.75) is 31.3 Å². The van der Waals surface area contributed by atoms with Crippen LogP contribution in [0.4, 0.5) is 0 Å². The molecule has 0 aromatic heterocycles. The maximum absolute atomic E-state index is 11.5. The normalized spacial score (nSPS) is 11.6. The number of hydrogen-bond acceptors (Lipinski definition) is 3. The van der Waals surface area contributed by atoms with Gasteiger partial charge in [0.25, 0.3) is 0 Å². The molecule has 2 aromatic rings. The third kappa shape index (κ3) is 6.60. The fourth-order valence-electron chi connectivity index (χ4n) is 2.51. The van der Waals surface area contributed by atoms with Gasteiger partial charge < -0.3 is 10.6 Å². The lowest BCUT2D eigenvalue weighted by Gasteiger charge is -2.14. The lowest BCUT2D eigenvalue weighted by Crippen LogP contribution is -2.36. The van der Waals surface area contributed by atoms with E-state index in [9.17, 15) is 8.42 Å². The number of sulfone groups is 1. The van der Waals surface area contributed by atoms with Crippen LogP contribution in [0.2, 0.25) is 0 Å². The minimum atomic E-state index is -3.16. The van der Waals surface area contributed by atoms with E-state index >= 15 is 0 Å². The molecule has 2 aromatic carbocycles. The van der Waals surface area contributed by atoms with Gasteiger partial charge in [0.05, 0.1) is 4.90 Å². The van der Waals surface area contributed by atoms with Crippen LogP contribution >= 0.6 is 24.0 Å². The molecule has 7 heteroatoms. The zero-order chi connectivity index (χ0) is 18.3. The van der Waals surface area contributed by atoms with Crippen LogP contribution in [0.15, 0.2) is 58.4 Å². The Balaban J connectivity index is 0.00000338. The lowest BCUT2D eigenvalue weighted by molar-refractivity contribution is 0.602. The summed E-state index contributed by atoms with van der Waals surface area (Å²) in [4.78, 5) is 4.56. The maximum atomic E-state index is 11.5. The smallest absolute Gasteiger partial charge is 0.191 e. The Kier molecular flexibility index (Phi) is 9.07. The number of guanidine groups is 1. The molecule has 26 heavy (non-hydrogen) atoms. The van der Waals surface area contributed by atoms with Crippen molar-refractivity contribution in [3.05, 3.63) is 65.2 Å². The summed E-state index contributed by atoms with van der Waals surface area (Å²) in [6, 6.07) is 15.2. The van der Waals surface area contributed by atoms with E-state index in [-0.39, 0.29) is 24.0 Å². The lowest BCUT2D eigenvalue weighted by atomic mass is 10.1. The number of aliphatic imine (C=N–C) groups is 1. The van der Waals surface area contributed by atoms with Gasteiger partial charge in [-0.1, -0.05) is 43.3 Å². The molecule has 0 radical (unpaired) electrons. The first-order valence-corrected chi connectivity index (χ1v) is 10.1. The molecule has 0 aliphatic carbocycles. The van der Waals surface area contributed by atoms with Gasteiger partial charge in [-0.2, -0.15) is 0 Å². The van der Waals surface area contributed by atoms with E-state index in [1.165, 1.54) is 17.4 Å². The minimum absolute atomic E-state index is 0. The number of rotatable bonds is 6. The molecular formula is C19H26IN3O2S. The standard InChI is InChI=1S/C19H25N3O2S.HI/c1-4-16-7-5-6-8-17(16)14-22-19(20-2)21-13-15-9-11-18(12-10-15)25(3,23)24;/h5-12H,4,13-14H2,1-3H3,(H2,20,21,22);1H. The highest BCUT2D eigenvalue weighted by molar-refractivity contribution is 14.0. The molecule has 0 aliphatic rings. The van der Waals surface area contributed by atoms with E-state index < -0.39 is 9.84 Å². The van der Waals surface area contributed by atoms with Crippen LogP contribution in [-0.2, 0) is 29.3 Å². The molecule has 2 N–H and O–H groups in total. The SMILES string of the molecule is CCc1ccccc1CNC(=NC)NCc1ccc(S(C)(=O)=O)cc1.I. The third-order valence-corrected chi connectivity index (χ3v) is 5.11. The Morgan fingerprint density at radius 1 is 0.962 bits per heavy atom. The summed E-state index contributed by atoms with van der Waals surface area (Å²) in [5.74, 6) is 0.707. The zero-order valence-corrected chi connectivity index (χ0v) is 18.5. The Labute approximate surface area is 173 Å². The fourth-order valence-corrected chi connectivity index (χ4v) is 3.15. The van der Waals surface area contributed by atoms with Crippen molar-refractivity contribution < 1.29 is 8.42 Å². The molecule has 0 bridgehead atoms. The van der Waals surface area contributed by atoms with Crippen LogP contribution in [0.25, 0.3) is 0 Å². The van der Waals surface area contributed by atoms with Crippen molar-refractivity contribution in [3.8, 4) is 0 Å². The molecule has 0 fully saturated rings. The van der Waals surface area contributed by atoms with Gasteiger partial charge in [0.1, 0.15) is 0 Å². The summed E-state index contributed by atoms with van der Waals surface area (Å²) < 4.78 is 23.0. The van der Waals surface area contributed by atoms with Crippen LogP contribution in [0.3, 0.4) is 0 Å². The first kappa shape index (κ1) is 22.4. The Morgan fingerprint density at radius 2 is 1.54 bits per heavy atom. The van der Waals surface area contributed by atoms with Gasteiger partial charge in [-0.15, -0.1) is 24.0 Å². The molecule has 0 amide bonds. The maximum Gasteiger partial charge on any atom is 0.191 e. The predicted molar refractivity (Wildman–Crippen MR) is 118 cm³/mol. The van der Waals surface area contributed by atoms with Crippen molar-refractivity contribution in [2.24, 2.45) is 4.99 Å². The van der Waals surface area contributed by atoms with E-state index in [1.54, 1.807) is 19.2 Å². The number of benzene rings is 2. The van der Waals surface area contributed by atoms with Crippen LogP contribution in [0, 0.1) is 0 Å². The summed E-state index contributed by atoms with van der Waals surface area (Å²) in [6.45, 7) is 3.42. The van der Waals surface area contributed by atoms with E-state index in [2.05, 4.69) is 40.7 Å². The molecular weight excluding hydrogens is 461 g/mol. The van der Waals surface area contributed by atoms with Crippen LogP contribution in [-0.4, -0.2) is 27.7 Å². The topological polar surface area (TPSA) is 70.6 Å². The second-order valence-electron chi connectivity index (χ2n) is 5.82. The van der Waals surface area contributed by atoms with Crippen LogP contribution in [0.1, 0.15) is 23.6 Å². The average molecular weight is 487 g/mol. The van der Waals surface area contributed by atoms with E-state index in [4.69, 9.17) is 0 Å².